The number of nitrogens with two attached hydrogens (primary N) is 1. The number of carbonyl (C=O) groups is 2. The number of halogens is 1. The van der Waals surface area contributed by atoms with Crippen LogP contribution in [0.4, 0.5) is 5.69 Å². The van der Waals surface area contributed by atoms with Gasteiger partial charge in [0.2, 0.25) is 5.91 Å². The van der Waals surface area contributed by atoms with E-state index in [4.69, 9.17) is 22.1 Å². The Morgan fingerprint density at radius 2 is 2.29 bits per heavy atom. The van der Waals surface area contributed by atoms with E-state index in [-0.39, 0.29) is 18.4 Å². The Bertz CT molecular complexity index is 550. The maximum absolute atomic E-state index is 12.6. The molecule has 7 heteroatoms. The molecular formula is C14H18ClN3O3. The van der Waals surface area contributed by atoms with E-state index in [9.17, 15) is 9.59 Å². The van der Waals surface area contributed by atoms with Gasteiger partial charge in [-0.05, 0) is 25.1 Å². The molecule has 1 atom stereocenters. The third kappa shape index (κ3) is 3.46. The molecule has 0 spiro atoms. The number of rotatable bonds is 3. The first-order valence-corrected chi connectivity index (χ1v) is 7.13. The molecule has 0 saturated carbocycles. The lowest BCUT2D eigenvalue weighted by Gasteiger charge is -2.34. The van der Waals surface area contributed by atoms with Crippen molar-refractivity contribution in [2.45, 2.75) is 13.0 Å². The maximum atomic E-state index is 12.6. The molecule has 1 aliphatic heterocycles. The molecule has 1 aromatic rings. The second-order valence-electron chi connectivity index (χ2n) is 4.72. The van der Waals surface area contributed by atoms with Crippen LogP contribution in [0.2, 0.25) is 5.02 Å². The van der Waals surface area contributed by atoms with E-state index >= 15 is 0 Å². The predicted molar refractivity (Wildman–Crippen MR) is 80.2 cm³/mol. The fourth-order valence-electron chi connectivity index (χ4n) is 2.18. The van der Waals surface area contributed by atoms with Gasteiger partial charge in [0.25, 0.3) is 5.91 Å². The summed E-state index contributed by atoms with van der Waals surface area (Å²) in [5.41, 5.74) is 6.46. The van der Waals surface area contributed by atoms with Gasteiger partial charge >= 0.3 is 0 Å². The summed E-state index contributed by atoms with van der Waals surface area (Å²) in [5.74, 6) is -0.469. The van der Waals surface area contributed by atoms with Gasteiger partial charge in [0.15, 0.2) is 0 Å². The van der Waals surface area contributed by atoms with Gasteiger partial charge < -0.3 is 20.7 Å². The van der Waals surface area contributed by atoms with Crippen molar-refractivity contribution in [2.75, 3.05) is 32.0 Å². The zero-order valence-corrected chi connectivity index (χ0v) is 12.5. The molecule has 1 heterocycles. The highest BCUT2D eigenvalue weighted by molar-refractivity contribution is 6.33. The van der Waals surface area contributed by atoms with Crippen LogP contribution in [0, 0.1) is 0 Å². The van der Waals surface area contributed by atoms with Crippen LogP contribution in [-0.4, -0.2) is 49.1 Å². The molecule has 0 aromatic heterocycles. The van der Waals surface area contributed by atoms with E-state index in [1.807, 2.05) is 6.92 Å². The summed E-state index contributed by atoms with van der Waals surface area (Å²) < 4.78 is 5.31. The summed E-state index contributed by atoms with van der Waals surface area (Å²) in [6, 6.07) is 4.08. The van der Waals surface area contributed by atoms with Crippen molar-refractivity contribution in [3.05, 3.63) is 28.8 Å². The van der Waals surface area contributed by atoms with E-state index in [1.54, 1.807) is 12.1 Å². The first kappa shape index (κ1) is 15.6. The minimum absolute atomic E-state index is 0.195. The SMILES string of the molecule is CCNC(=O)C1COCCN1C(=O)c1ccc(N)c(Cl)c1. The molecule has 1 unspecified atom stereocenters. The largest absolute Gasteiger partial charge is 0.398 e. The van der Waals surface area contributed by atoms with Gasteiger partial charge in [-0.1, -0.05) is 11.6 Å². The summed E-state index contributed by atoms with van der Waals surface area (Å²) in [5, 5.41) is 3.04. The molecule has 21 heavy (non-hydrogen) atoms. The summed E-state index contributed by atoms with van der Waals surface area (Å²) >= 11 is 5.95. The number of amides is 2. The Labute approximate surface area is 128 Å². The predicted octanol–water partition coefficient (Wildman–Crippen LogP) is 0.899. The van der Waals surface area contributed by atoms with Gasteiger partial charge in [0.05, 0.1) is 23.9 Å². The smallest absolute Gasteiger partial charge is 0.254 e. The Hall–Kier alpha value is -1.79. The highest BCUT2D eigenvalue weighted by Gasteiger charge is 2.33. The van der Waals surface area contributed by atoms with E-state index < -0.39 is 6.04 Å². The summed E-state index contributed by atoms with van der Waals surface area (Å²) in [7, 11) is 0. The minimum Gasteiger partial charge on any atom is -0.398 e. The van der Waals surface area contributed by atoms with Crippen molar-refractivity contribution in [1.29, 1.82) is 0 Å². The standard InChI is InChI=1S/C14H18ClN3O3/c1-2-17-13(19)12-8-21-6-5-18(12)14(20)9-3-4-11(16)10(15)7-9/h3-4,7,12H,2,5-6,8,16H2,1H3,(H,17,19). The number of hydrogen-bond donors (Lipinski definition) is 2. The Morgan fingerprint density at radius 3 is 2.95 bits per heavy atom. The van der Waals surface area contributed by atoms with Crippen LogP contribution in [0.5, 0.6) is 0 Å². The fourth-order valence-corrected chi connectivity index (χ4v) is 2.36. The Morgan fingerprint density at radius 1 is 1.52 bits per heavy atom. The molecule has 0 bridgehead atoms. The fraction of sp³-hybridized carbons (Fsp3) is 0.429. The Balaban J connectivity index is 2.21. The molecule has 0 radical (unpaired) electrons. The third-order valence-corrected chi connectivity index (χ3v) is 3.62. The van der Waals surface area contributed by atoms with Gasteiger partial charge in [0, 0.05) is 18.7 Å². The van der Waals surface area contributed by atoms with E-state index in [0.29, 0.717) is 36.0 Å². The number of nitrogens with one attached hydrogen (secondary N) is 1. The molecule has 1 aliphatic rings. The normalized spacial score (nSPS) is 18.4. The third-order valence-electron chi connectivity index (χ3n) is 3.29. The number of nitrogen functional groups attached to an aromatic ring is 1. The molecule has 2 amide bonds. The van der Waals surface area contributed by atoms with Crippen molar-refractivity contribution < 1.29 is 14.3 Å². The molecule has 1 aromatic carbocycles. The number of nitrogens with zero attached hydrogens (tertiary/aromatic N) is 1. The molecule has 6 nitrogen and oxygen atoms in total. The van der Waals surface area contributed by atoms with Gasteiger partial charge in [-0.15, -0.1) is 0 Å². The van der Waals surface area contributed by atoms with Crippen molar-refractivity contribution in [3.63, 3.8) is 0 Å². The van der Waals surface area contributed by atoms with Crippen LogP contribution in [-0.2, 0) is 9.53 Å². The summed E-state index contributed by atoms with van der Waals surface area (Å²) in [4.78, 5) is 26.1. The number of benzene rings is 1. The van der Waals surface area contributed by atoms with Crippen LogP contribution < -0.4 is 11.1 Å². The highest BCUT2D eigenvalue weighted by atomic mass is 35.5. The topological polar surface area (TPSA) is 84.7 Å². The van der Waals surface area contributed by atoms with Gasteiger partial charge in [-0.25, -0.2) is 0 Å². The quantitative estimate of drug-likeness (QED) is 0.812. The van der Waals surface area contributed by atoms with Crippen LogP contribution >= 0.6 is 11.6 Å². The molecule has 1 fully saturated rings. The molecule has 3 N–H and O–H groups in total. The minimum atomic E-state index is -0.623. The number of carbonyl (C=O) groups excluding carboxylic acids is 2. The van der Waals surface area contributed by atoms with Crippen molar-refractivity contribution >= 4 is 29.1 Å². The lowest BCUT2D eigenvalue weighted by molar-refractivity contribution is -0.130. The van der Waals surface area contributed by atoms with E-state index in [2.05, 4.69) is 5.32 Å². The monoisotopic (exact) mass is 311 g/mol. The van der Waals surface area contributed by atoms with E-state index in [1.165, 1.54) is 11.0 Å². The van der Waals surface area contributed by atoms with E-state index in [0.717, 1.165) is 0 Å². The van der Waals surface area contributed by atoms with Crippen molar-refractivity contribution in [2.24, 2.45) is 0 Å². The zero-order valence-electron chi connectivity index (χ0n) is 11.8. The number of anilines is 1. The van der Waals surface area contributed by atoms with Crippen LogP contribution in [0.15, 0.2) is 18.2 Å². The number of likely N-dealkylation sites (N-methyl/N-ethyl adjacent to an activating group) is 1. The molecule has 114 valence electrons. The average molecular weight is 312 g/mol. The molecule has 0 aliphatic carbocycles. The number of ether oxygens (including phenoxy) is 1. The van der Waals surface area contributed by atoms with Crippen LogP contribution in [0.1, 0.15) is 17.3 Å². The highest BCUT2D eigenvalue weighted by Crippen LogP contribution is 2.21. The lowest BCUT2D eigenvalue weighted by Crippen LogP contribution is -2.55. The molecule has 1 saturated heterocycles. The zero-order chi connectivity index (χ0) is 15.4. The second kappa shape index (κ2) is 6.78. The van der Waals surface area contributed by atoms with Crippen LogP contribution in [0.3, 0.4) is 0 Å². The molecular weight excluding hydrogens is 294 g/mol. The summed E-state index contributed by atoms with van der Waals surface area (Å²) in [6.07, 6.45) is 0. The summed E-state index contributed by atoms with van der Waals surface area (Å²) in [6.45, 7) is 3.30. The lowest BCUT2D eigenvalue weighted by atomic mass is 10.1. The Kier molecular flexibility index (Phi) is 5.03. The van der Waals surface area contributed by atoms with Crippen molar-refractivity contribution in [3.8, 4) is 0 Å². The maximum Gasteiger partial charge on any atom is 0.254 e. The number of hydrogen-bond acceptors (Lipinski definition) is 4. The molecule has 2 rings (SSSR count). The van der Waals surface area contributed by atoms with Gasteiger partial charge in [-0.3, -0.25) is 9.59 Å². The van der Waals surface area contributed by atoms with Gasteiger partial charge in [-0.2, -0.15) is 0 Å². The first-order valence-electron chi connectivity index (χ1n) is 6.76. The van der Waals surface area contributed by atoms with Gasteiger partial charge in [0.1, 0.15) is 6.04 Å². The first-order chi connectivity index (χ1) is 10.0. The number of morpholine rings is 1. The average Bonchev–Trinajstić information content (AvgIpc) is 2.49. The second-order valence-corrected chi connectivity index (χ2v) is 5.13. The van der Waals surface area contributed by atoms with Crippen LogP contribution in [0.25, 0.3) is 0 Å². The van der Waals surface area contributed by atoms with Crippen molar-refractivity contribution in [1.82, 2.24) is 10.2 Å².